The normalized spacial score (nSPS) is 32.5. The maximum atomic E-state index is 16.1. The molecule has 2 fully saturated rings. The minimum absolute atomic E-state index is 0.159. The van der Waals surface area contributed by atoms with E-state index in [1.165, 1.54) is 11.8 Å². The first-order valence-corrected chi connectivity index (χ1v) is 17.1. The van der Waals surface area contributed by atoms with Crippen molar-refractivity contribution in [2.45, 2.75) is 114 Å². The molecule has 1 aromatic carbocycles. The molecule has 0 amide bonds. The Bertz CT molecular complexity index is 1070. The fourth-order valence-corrected chi connectivity index (χ4v) is 9.32. The van der Waals surface area contributed by atoms with Crippen LogP contribution in [0.5, 0.6) is 5.75 Å². The second-order valence-corrected chi connectivity index (χ2v) is 15.2. The fraction of sp³-hybridized carbons (Fsp3) is 0.818. The zero-order chi connectivity index (χ0) is 31.6. The van der Waals surface area contributed by atoms with Crippen LogP contribution < -0.4 is 0 Å². The number of hydrogen-bond donors (Lipinski definition) is 2. The lowest BCUT2D eigenvalue weighted by Gasteiger charge is -2.56. The number of aromatic hydroxyl groups is 1. The van der Waals surface area contributed by atoms with Crippen LogP contribution in [0.1, 0.15) is 95.1 Å². The quantitative estimate of drug-likeness (QED) is 0.158. The van der Waals surface area contributed by atoms with Gasteiger partial charge in [-0.15, -0.1) is 0 Å². The predicted molar refractivity (Wildman–Crippen MR) is 161 cm³/mol. The van der Waals surface area contributed by atoms with E-state index < -0.39 is 35.7 Å². The summed E-state index contributed by atoms with van der Waals surface area (Å²) in [5.41, 5.74) is 0.806. The Morgan fingerprint density at radius 2 is 1.70 bits per heavy atom. The number of nitrogens with zero attached hydrogens (tertiary/aromatic N) is 1. The summed E-state index contributed by atoms with van der Waals surface area (Å²) in [5.74, 6) is -2.79. The third-order valence-electron chi connectivity index (χ3n) is 11.0. The molecule has 0 unspecified atom stereocenters. The molecule has 0 aliphatic heterocycles. The lowest BCUT2D eigenvalue weighted by molar-refractivity contribution is -0.284. The van der Waals surface area contributed by atoms with Crippen molar-refractivity contribution in [3.63, 3.8) is 0 Å². The maximum absolute atomic E-state index is 16.1. The summed E-state index contributed by atoms with van der Waals surface area (Å²) in [6, 6.07) is 5.41. The number of benzene rings is 1. The summed E-state index contributed by atoms with van der Waals surface area (Å²) >= 11 is 1.42. The molecule has 0 aromatic heterocycles. The lowest BCUT2D eigenvalue weighted by atomic mass is 9.50. The number of aliphatic hydroxyl groups is 1. The van der Waals surface area contributed by atoms with Gasteiger partial charge in [0.25, 0.3) is 0 Å². The van der Waals surface area contributed by atoms with Crippen LogP contribution in [0.2, 0.25) is 0 Å². The smallest absolute Gasteiger partial charge is 0.453 e. The molecule has 0 radical (unpaired) electrons. The predicted octanol–water partition coefficient (Wildman–Crippen LogP) is 8.77. The molecule has 3 aliphatic rings. The van der Waals surface area contributed by atoms with Crippen LogP contribution in [0.3, 0.4) is 0 Å². The van der Waals surface area contributed by atoms with Gasteiger partial charge in [-0.25, -0.2) is 4.39 Å². The summed E-state index contributed by atoms with van der Waals surface area (Å²) in [7, 11) is 2.04. The molecule has 0 spiro atoms. The van der Waals surface area contributed by atoms with Gasteiger partial charge in [0.1, 0.15) is 11.9 Å². The molecule has 0 saturated heterocycles. The molecule has 43 heavy (non-hydrogen) atoms. The summed E-state index contributed by atoms with van der Waals surface area (Å²) in [4.78, 5) is 2.23. The van der Waals surface area contributed by atoms with Gasteiger partial charge in [0.2, 0.25) is 0 Å². The number of phenols is 1. The lowest BCUT2D eigenvalue weighted by Crippen LogP contribution is -2.54. The Hall–Kier alpha value is -1.13. The average molecular weight is 638 g/mol. The van der Waals surface area contributed by atoms with E-state index in [1.54, 1.807) is 6.07 Å². The van der Waals surface area contributed by atoms with E-state index in [4.69, 9.17) is 0 Å². The Labute approximate surface area is 257 Å². The van der Waals surface area contributed by atoms with Gasteiger partial charge in [0, 0.05) is 17.8 Å². The number of alkyl halides is 6. The van der Waals surface area contributed by atoms with Crippen molar-refractivity contribution < 1.29 is 36.6 Å². The van der Waals surface area contributed by atoms with Gasteiger partial charge in [-0.3, -0.25) is 0 Å². The van der Waals surface area contributed by atoms with Crippen molar-refractivity contribution in [3.8, 4) is 5.75 Å². The van der Waals surface area contributed by atoms with Crippen molar-refractivity contribution in [2.75, 3.05) is 31.6 Å². The van der Waals surface area contributed by atoms with Crippen molar-refractivity contribution >= 4 is 11.8 Å². The summed E-state index contributed by atoms with van der Waals surface area (Å²) < 4.78 is 78.7. The summed E-state index contributed by atoms with van der Waals surface area (Å²) in [6.07, 6.45) is -0.0290. The molecular weight excluding hydrogens is 588 g/mol. The van der Waals surface area contributed by atoms with Gasteiger partial charge in [0.15, 0.2) is 0 Å². The van der Waals surface area contributed by atoms with Crippen LogP contribution in [0.25, 0.3) is 0 Å². The third-order valence-corrected chi connectivity index (χ3v) is 12.2. The van der Waals surface area contributed by atoms with Gasteiger partial charge in [0.05, 0.1) is 5.60 Å². The Kier molecular flexibility index (Phi) is 11.1. The number of halogens is 6. The fourth-order valence-electron chi connectivity index (χ4n) is 8.44. The molecular formula is C33H49F6NO2S. The number of phenolic OH excluding ortho intramolecular Hbond substituents is 1. The van der Waals surface area contributed by atoms with Gasteiger partial charge >= 0.3 is 12.1 Å². The number of hydrogen-bond acceptors (Lipinski definition) is 4. The highest BCUT2D eigenvalue weighted by Gasteiger charge is 2.63. The molecule has 4 rings (SSSR count). The van der Waals surface area contributed by atoms with Crippen molar-refractivity contribution in [1.82, 2.24) is 4.90 Å². The largest absolute Gasteiger partial charge is 0.508 e. The van der Waals surface area contributed by atoms with E-state index in [0.717, 1.165) is 74.9 Å². The van der Waals surface area contributed by atoms with E-state index in [0.29, 0.717) is 24.5 Å². The van der Waals surface area contributed by atoms with Gasteiger partial charge in [-0.1, -0.05) is 25.8 Å². The first kappa shape index (κ1) is 34.7. The first-order chi connectivity index (χ1) is 20.1. The van der Waals surface area contributed by atoms with E-state index in [2.05, 4.69) is 11.8 Å². The summed E-state index contributed by atoms with van der Waals surface area (Å²) in [5, 5.41) is 21.4. The number of fused-ring (bicyclic) bond motifs is 5. The Balaban J connectivity index is 1.21. The van der Waals surface area contributed by atoms with Crippen LogP contribution in [0, 0.1) is 23.2 Å². The van der Waals surface area contributed by atoms with Gasteiger partial charge < -0.3 is 15.1 Å². The van der Waals surface area contributed by atoms with E-state index in [9.17, 15) is 32.2 Å². The molecule has 7 atom stereocenters. The minimum Gasteiger partial charge on any atom is -0.508 e. The molecule has 246 valence electrons. The molecule has 2 saturated carbocycles. The number of unbranched alkanes of at least 4 members (excludes halogenated alkanes) is 2. The highest BCUT2D eigenvalue weighted by molar-refractivity contribution is 7.99. The van der Waals surface area contributed by atoms with Crippen LogP contribution >= 0.6 is 11.8 Å². The standard InChI is InChI=1S/C33H49F6NO2S/c1-30-21-27(34)29-25-11-10-24(41)20-23(25)19-22(28(29)26(30)12-14-31(30,2)42)9-5-4-6-15-40(3)16-8-18-43-17-7-13-32(35,36)33(37,38)39/h10-11,20,22,26-29,41-42H,4-9,12-19,21H2,1-3H3/t22-,26+,27+,28+,29+,30+,31+/m1/s1. The van der Waals surface area contributed by atoms with E-state index in [1.807, 2.05) is 26.1 Å². The minimum atomic E-state index is -5.47. The average Bonchev–Trinajstić information content (AvgIpc) is 3.14. The number of thioether (sulfide) groups is 1. The third kappa shape index (κ3) is 7.65. The number of rotatable bonds is 14. The van der Waals surface area contributed by atoms with E-state index in [-0.39, 0.29) is 29.9 Å². The molecule has 1 aromatic rings. The van der Waals surface area contributed by atoms with Crippen LogP contribution in [-0.4, -0.2) is 70.6 Å². The second kappa shape index (κ2) is 13.7. The Morgan fingerprint density at radius 3 is 2.42 bits per heavy atom. The molecule has 0 bridgehead atoms. The zero-order valence-corrected chi connectivity index (χ0v) is 26.6. The van der Waals surface area contributed by atoms with Gasteiger partial charge in [-0.2, -0.15) is 33.7 Å². The summed E-state index contributed by atoms with van der Waals surface area (Å²) in [6.45, 7) is 5.75. The van der Waals surface area contributed by atoms with E-state index >= 15 is 4.39 Å². The van der Waals surface area contributed by atoms with Crippen LogP contribution in [-0.2, 0) is 6.42 Å². The Morgan fingerprint density at radius 1 is 1.00 bits per heavy atom. The van der Waals surface area contributed by atoms with Crippen LogP contribution in [0.15, 0.2) is 18.2 Å². The SMILES string of the molecule is CN(CCCCC[C@@H]1Cc2cc(O)ccc2[C@@H]2[C@@H]1[C@@H]1CC[C@](C)(O)[C@@]1(C)C[C@@H]2F)CCCSCCCC(F)(F)C(F)(F)F. The molecule has 2 N–H and O–H groups in total. The highest BCUT2D eigenvalue weighted by Crippen LogP contribution is 2.66. The first-order valence-electron chi connectivity index (χ1n) is 16.0. The van der Waals surface area contributed by atoms with Gasteiger partial charge in [-0.05, 0) is 131 Å². The second-order valence-electron chi connectivity index (χ2n) is 13.9. The van der Waals surface area contributed by atoms with Crippen molar-refractivity contribution in [2.24, 2.45) is 23.2 Å². The topological polar surface area (TPSA) is 43.7 Å². The molecule has 0 heterocycles. The van der Waals surface area contributed by atoms with Crippen molar-refractivity contribution in [3.05, 3.63) is 29.3 Å². The maximum Gasteiger partial charge on any atom is 0.453 e. The van der Waals surface area contributed by atoms with Crippen molar-refractivity contribution in [1.29, 1.82) is 0 Å². The monoisotopic (exact) mass is 637 g/mol. The zero-order valence-electron chi connectivity index (χ0n) is 25.7. The molecule has 10 heteroatoms. The molecule has 3 nitrogen and oxygen atoms in total. The highest BCUT2D eigenvalue weighted by atomic mass is 32.2. The van der Waals surface area contributed by atoms with Crippen LogP contribution in [0.4, 0.5) is 26.3 Å². The molecule has 3 aliphatic carbocycles.